The van der Waals surface area contributed by atoms with Gasteiger partial charge in [-0.25, -0.2) is 4.68 Å². The van der Waals surface area contributed by atoms with Crippen LogP contribution in [-0.4, -0.2) is 43.2 Å². The van der Waals surface area contributed by atoms with Gasteiger partial charge in [0.15, 0.2) is 0 Å². The van der Waals surface area contributed by atoms with Crippen molar-refractivity contribution in [3.8, 4) is 0 Å². The van der Waals surface area contributed by atoms with E-state index in [4.69, 9.17) is 11.6 Å². The van der Waals surface area contributed by atoms with E-state index in [1.807, 2.05) is 31.2 Å². The van der Waals surface area contributed by atoms with Gasteiger partial charge in [0.1, 0.15) is 11.9 Å². The Labute approximate surface area is 160 Å². The first kappa shape index (κ1) is 17.4. The Balaban J connectivity index is 1.48. The molecule has 2 amide bonds. The summed E-state index contributed by atoms with van der Waals surface area (Å²) in [5.74, 6) is 1.15. The standard InChI is InChI=1S/C18H19ClN4O2S/c1-18-8-6-16(24)23(18)14(11-26-18)17(25)21-15-7-9-20-22(15)10-12-2-4-13(19)5-3-12/h2-5,7,9,14H,6,8,10-11H2,1H3,(H,21,25). The predicted molar refractivity (Wildman–Crippen MR) is 102 cm³/mol. The molecule has 6 nitrogen and oxygen atoms in total. The molecule has 2 fully saturated rings. The Bertz CT molecular complexity index is 853. The molecule has 0 bridgehead atoms. The maximum atomic E-state index is 12.8. The van der Waals surface area contributed by atoms with Crippen LogP contribution in [0.2, 0.25) is 5.02 Å². The van der Waals surface area contributed by atoms with Crippen molar-refractivity contribution in [1.29, 1.82) is 0 Å². The van der Waals surface area contributed by atoms with Crippen molar-refractivity contribution in [2.45, 2.75) is 37.2 Å². The summed E-state index contributed by atoms with van der Waals surface area (Å²) >= 11 is 7.61. The molecule has 4 rings (SSSR count). The van der Waals surface area contributed by atoms with Gasteiger partial charge < -0.3 is 10.2 Å². The zero-order valence-corrected chi connectivity index (χ0v) is 15.9. The zero-order valence-electron chi connectivity index (χ0n) is 14.3. The zero-order chi connectivity index (χ0) is 18.3. The number of hydrogen-bond donors (Lipinski definition) is 1. The Kier molecular flexibility index (Phi) is 4.44. The summed E-state index contributed by atoms with van der Waals surface area (Å²) < 4.78 is 1.73. The molecule has 3 heterocycles. The van der Waals surface area contributed by atoms with Gasteiger partial charge >= 0.3 is 0 Å². The Hall–Kier alpha value is -1.99. The number of carbonyl (C=O) groups excluding carboxylic acids is 2. The molecule has 2 atom stereocenters. The van der Waals surface area contributed by atoms with Crippen LogP contribution in [0.25, 0.3) is 0 Å². The van der Waals surface area contributed by atoms with E-state index in [0.29, 0.717) is 29.6 Å². The van der Waals surface area contributed by atoms with Gasteiger partial charge in [0.25, 0.3) is 0 Å². The van der Waals surface area contributed by atoms with Crippen molar-refractivity contribution < 1.29 is 9.59 Å². The largest absolute Gasteiger partial charge is 0.315 e. The van der Waals surface area contributed by atoms with E-state index in [1.54, 1.807) is 33.6 Å². The molecule has 1 N–H and O–H groups in total. The van der Waals surface area contributed by atoms with Crippen molar-refractivity contribution in [1.82, 2.24) is 14.7 Å². The van der Waals surface area contributed by atoms with Gasteiger partial charge in [0.2, 0.25) is 11.8 Å². The number of amides is 2. The number of nitrogens with zero attached hydrogens (tertiary/aromatic N) is 3. The van der Waals surface area contributed by atoms with Crippen LogP contribution >= 0.6 is 23.4 Å². The van der Waals surface area contributed by atoms with Crippen LogP contribution in [0.1, 0.15) is 25.3 Å². The molecule has 136 valence electrons. The van der Waals surface area contributed by atoms with Crippen LogP contribution < -0.4 is 5.32 Å². The number of thioether (sulfide) groups is 1. The quantitative estimate of drug-likeness (QED) is 0.871. The van der Waals surface area contributed by atoms with Gasteiger partial charge in [0, 0.05) is 23.3 Å². The molecule has 1 aromatic heterocycles. The number of carbonyl (C=O) groups is 2. The number of rotatable bonds is 4. The van der Waals surface area contributed by atoms with Crippen LogP contribution in [0, 0.1) is 0 Å². The summed E-state index contributed by atoms with van der Waals surface area (Å²) in [5, 5.41) is 7.91. The first-order chi connectivity index (χ1) is 12.5. The molecular weight excluding hydrogens is 372 g/mol. The highest BCUT2D eigenvalue weighted by Gasteiger charge is 2.52. The summed E-state index contributed by atoms with van der Waals surface area (Å²) in [5.41, 5.74) is 1.03. The lowest BCUT2D eigenvalue weighted by atomic mass is 10.2. The number of anilines is 1. The SMILES string of the molecule is CC12CCC(=O)N1C(C(=O)Nc1ccnn1Cc1ccc(Cl)cc1)CS2. The molecule has 2 unspecified atom stereocenters. The Morgan fingerprint density at radius 3 is 2.92 bits per heavy atom. The van der Waals surface area contributed by atoms with E-state index in [1.165, 1.54) is 0 Å². The third-order valence-corrected chi connectivity index (χ3v) is 6.72. The fourth-order valence-corrected chi connectivity index (χ4v) is 5.11. The molecule has 8 heteroatoms. The van der Waals surface area contributed by atoms with Crippen molar-refractivity contribution >= 4 is 41.0 Å². The highest BCUT2D eigenvalue weighted by atomic mass is 35.5. The minimum absolute atomic E-state index is 0.0623. The number of hydrogen-bond acceptors (Lipinski definition) is 4. The molecule has 1 aromatic carbocycles. The Morgan fingerprint density at radius 1 is 1.38 bits per heavy atom. The molecule has 0 spiro atoms. The predicted octanol–water partition coefficient (Wildman–Crippen LogP) is 2.98. The molecule has 2 aliphatic rings. The fourth-order valence-electron chi connectivity index (χ4n) is 3.55. The van der Waals surface area contributed by atoms with E-state index >= 15 is 0 Å². The average Bonchev–Trinajstić information content (AvgIpc) is 3.26. The highest BCUT2D eigenvalue weighted by Crippen LogP contribution is 2.47. The number of fused-ring (bicyclic) bond motifs is 1. The maximum Gasteiger partial charge on any atom is 0.249 e. The smallest absolute Gasteiger partial charge is 0.249 e. The molecular formula is C18H19ClN4O2S. The second-order valence-corrected chi connectivity index (χ2v) is 8.69. The van der Waals surface area contributed by atoms with Gasteiger partial charge in [-0.15, -0.1) is 11.8 Å². The van der Waals surface area contributed by atoms with Crippen LogP contribution in [0.5, 0.6) is 0 Å². The summed E-state index contributed by atoms with van der Waals surface area (Å²) in [6.07, 6.45) is 2.97. The monoisotopic (exact) mass is 390 g/mol. The fraction of sp³-hybridized carbons (Fsp3) is 0.389. The van der Waals surface area contributed by atoms with Gasteiger partial charge in [-0.3, -0.25) is 9.59 Å². The highest BCUT2D eigenvalue weighted by molar-refractivity contribution is 8.01. The normalized spacial score (nSPS) is 24.8. The van der Waals surface area contributed by atoms with Crippen molar-refractivity contribution in [2.24, 2.45) is 0 Å². The van der Waals surface area contributed by atoms with E-state index in [0.717, 1.165) is 12.0 Å². The topological polar surface area (TPSA) is 67.2 Å². The molecule has 2 aliphatic heterocycles. The number of nitrogens with one attached hydrogen (secondary N) is 1. The van der Waals surface area contributed by atoms with Gasteiger partial charge in [-0.2, -0.15) is 5.10 Å². The summed E-state index contributed by atoms with van der Waals surface area (Å²) in [7, 11) is 0. The number of aromatic nitrogens is 2. The first-order valence-corrected chi connectivity index (χ1v) is 9.86. The van der Waals surface area contributed by atoms with Crippen LogP contribution in [0.4, 0.5) is 5.82 Å². The van der Waals surface area contributed by atoms with Gasteiger partial charge in [-0.05, 0) is 31.0 Å². The second-order valence-electron chi connectivity index (χ2n) is 6.76. The molecule has 0 aliphatic carbocycles. The molecule has 2 aromatic rings. The van der Waals surface area contributed by atoms with E-state index < -0.39 is 6.04 Å². The van der Waals surface area contributed by atoms with Gasteiger partial charge in [0.05, 0.1) is 17.6 Å². The second kappa shape index (κ2) is 6.63. The van der Waals surface area contributed by atoms with Crippen molar-refractivity contribution in [3.63, 3.8) is 0 Å². The third-order valence-electron chi connectivity index (χ3n) is 4.96. The van der Waals surface area contributed by atoms with Crippen LogP contribution in [0.15, 0.2) is 36.5 Å². The Morgan fingerprint density at radius 2 is 2.15 bits per heavy atom. The summed E-state index contributed by atoms with van der Waals surface area (Å²) in [4.78, 5) is 26.5. The lowest BCUT2D eigenvalue weighted by Gasteiger charge is -2.29. The minimum Gasteiger partial charge on any atom is -0.315 e. The average molecular weight is 391 g/mol. The van der Waals surface area contributed by atoms with E-state index in [9.17, 15) is 9.59 Å². The molecule has 2 saturated heterocycles. The molecule has 0 radical (unpaired) electrons. The number of halogens is 1. The van der Waals surface area contributed by atoms with Crippen LogP contribution in [0.3, 0.4) is 0 Å². The lowest BCUT2D eigenvalue weighted by Crippen LogP contribution is -2.48. The molecule has 26 heavy (non-hydrogen) atoms. The summed E-state index contributed by atoms with van der Waals surface area (Å²) in [6.45, 7) is 2.57. The lowest BCUT2D eigenvalue weighted by molar-refractivity contribution is -0.135. The summed E-state index contributed by atoms with van der Waals surface area (Å²) in [6, 6.07) is 8.84. The van der Waals surface area contributed by atoms with Crippen LogP contribution in [-0.2, 0) is 16.1 Å². The van der Waals surface area contributed by atoms with Crippen molar-refractivity contribution in [3.05, 3.63) is 47.1 Å². The van der Waals surface area contributed by atoms with Gasteiger partial charge in [-0.1, -0.05) is 23.7 Å². The first-order valence-electron chi connectivity index (χ1n) is 8.49. The third kappa shape index (κ3) is 3.10. The molecule has 0 saturated carbocycles. The van der Waals surface area contributed by atoms with E-state index in [2.05, 4.69) is 10.4 Å². The minimum atomic E-state index is -0.432. The maximum absolute atomic E-state index is 12.8. The van der Waals surface area contributed by atoms with Crippen molar-refractivity contribution in [2.75, 3.05) is 11.1 Å². The number of benzene rings is 1. The van der Waals surface area contributed by atoms with E-state index in [-0.39, 0.29) is 16.7 Å².